The van der Waals surface area contributed by atoms with Crippen LogP contribution in [0.4, 0.5) is 18.9 Å². The van der Waals surface area contributed by atoms with Gasteiger partial charge in [-0.2, -0.15) is 18.3 Å². The number of benzene rings is 1. The number of halogens is 3. The average Bonchev–Trinajstić information content (AvgIpc) is 3.03. The van der Waals surface area contributed by atoms with E-state index in [1.807, 2.05) is 0 Å². The van der Waals surface area contributed by atoms with Crippen molar-refractivity contribution in [1.29, 1.82) is 0 Å². The van der Waals surface area contributed by atoms with Crippen LogP contribution in [0.2, 0.25) is 0 Å². The molecule has 1 N–H and O–H groups in total. The van der Waals surface area contributed by atoms with E-state index in [1.165, 1.54) is 23.9 Å². The lowest BCUT2D eigenvalue weighted by molar-refractivity contribution is -0.137. The molecule has 0 bridgehead atoms. The van der Waals surface area contributed by atoms with Crippen LogP contribution >= 0.6 is 0 Å². The molecule has 30 heavy (non-hydrogen) atoms. The summed E-state index contributed by atoms with van der Waals surface area (Å²) in [6.07, 6.45) is -2.42. The molecular formula is C19H19F3N4O3S. The maximum Gasteiger partial charge on any atom is 0.416 e. The first kappa shape index (κ1) is 21.6. The predicted molar refractivity (Wildman–Crippen MR) is 104 cm³/mol. The van der Waals surface area contributed by atoms with Gasteiger partial charge >= 0.3 is 6.18 Å². The zero-order valence-electron chi connectivity index (χ0n) is 16.3. The number of aromatic nitrogens is 3. The lowest BCUT2D eigenvalue weighted by Crippen LogP contribution is -2.16. The monoisotopic (exact) mass is 440 g/mol. The van der Waals surface area contributed by atoms with Gasteiger partial charge in [0, 0.05) is 12.3 Å². The van der Waals surface area contributed by atoms with Crippen molar-refractivity contribution in [3.8, 4) is 11.6 Å². The summed E-state index contributed by atoms with van der Waals surface area (Å²) in [7, 11) is -4.22. The highest BCUT2D eigenvalue weighted by Gasteiger charge is 2.32. The molecular weight excluding hydrogens is 421 g/mol. The molecule has 1 aromatic carbocycles. The number of hydrogen-bond acceptors (Lipinski definition) is 5. The highest BCUT2D eigenvalue weighted by molar-refractivity contribution is 7.92. The third kappa shape index (κ3) is 4.73. The molecule has 2 aromatic heterocycles. The number of alkyl halides is 3. The van der Waals surface area contributed by atoms with E-state index < -0.39 is 27.9 Å². The van der Waals surface area contributed by atoms with E-state index in [4.69, 9.17) is 4.74 Å². The molecule has 0 saturated carbocycles. The van der Waals surface area contributed by atoms with Gasteiger partial charge in [-0.3, -0.25) is 4.72 Å². The van der Waals surface area contributed by atoms with Crippen molar-refractivity contribution in [3.05, 3.63) is 60.0 Å². The van der Waals surface area contributed by atoms with Gasteiger partial charge < -0.3 is 4.74 Å². The van der Waals surface area contributed by atoms with Crippen molar-refractivity contribution in [3.63, 3.8) is 0 Å². The Morgan fingerprint density at radius 3 is 2.50 bits per heavy atom. The molecule has 0 aliphatic rings. The van der Waals surface area contributed by atoms with Crippen LogP contribution in [0.3, 0.4) is 0 Å². The van der Waals surface area contributed by atoms with Gasteiger partial charge in [-0.25, -0.2) is 18.1 Å². The van der Waals surface area contributed by atoms with Crippen LogP contribution in [0.25, 0.3) is 5.82 Å². The summed E-state index contributed by atoms with van der Waals surface area (Å²) in [5.74, 6) is 0.307. The zero-order chi connectivity index (χ0) is 22.1. The molecule has 0 spiro atoms. The lowest BCUT2D eigenvalue weighted by atomic mass is 10.2. The van der Waals surface area contributed by atoms with Gasteiger partial charge in [-0.1, -0.05) is 6.07 Å². The first-order valence-electron chi connectivity index (χ1n) is 8.85. The predicted octanol–water partition coefficient (Wildman–Crippen LogP) is 4.18. The summed E-state index contributed by atoms with van der Waals surface area (Å²) in [6, 6.07) is 7.80. The van der Waals surface area contributed by atoms with E-state index in [-0.39, 0.29) is 22.0 Å². The average molecular weight is 440 g/mol. The van der Waals surface area contributed by atoms with Crippen LogP contribution in [0.5, 0.6) is 5.75 Å². The Morgan fingerprint density at radius 1 is 1.17 bits per heavy atom. The molecule has 0 amide bonds. The number of ether oxygens (including phenoxy) is 1. The van der Waals surface area contributed by atoms with Crippen molar-refractivity contribution in [2.75, 3.05) is 4.72 Å². The summed E-state index contributed by atoms with van der Waals surface area (Å²) >= 11 is 0. The van der Waals surface area contributed by atoms with Crippen LogP contribution in [-0.4, -0.2) is 29.3 Å². The van der Waals surface area contributed by atoms with E-state index in [9.17, 15) is 21.6 Å². The summed E-state index contributed by atoms with van der Waals surface area (Å²) in [6.45, 7) is 4.83. The Hall–Kier alpha value is -3.08. The van der Waals surface area contributed by atoms with Crippen molar-refractivity contribution in [2.24, 2.45) is 0 Å². The molecule has 0 unspecified atom stereocenters. The third-order valence-electron chi connectivity index (χ3n) is 3.98. The molecule has 0 radical (unpaired) electrons. The Labute approximate surface area is 171 Å². The normalized spacial score (nSPS) is 12.2. The molecule has 11 heteroatoms. The van der Waals surface area contributed by atoms with Crippen LogP contribution in [0.1, 0.15) is 25.1 Å². The van der Waals surface area contributed by atoms with Crippen LogP contribution < -0.4 is 9.46 Å². The van der Waals surface area contributed by atoms with Crippen LogP contribution in [0, 0.1) is 6.92 Å². The standard InChI is InChI=1S/C19H19F3N4O3S/c1-12(2)29-16-9-14(19(20,21)22)8-15(10-16)25-30(27,28)17-11-24-26(13(17)3)18-6-4-5-7-23-18/h4-12,25H,1-3H3. The molecule has 160 valence electrons. The van der Waals surface area contributed by atoms with Gasteiger partial charge in [-0.15, -0.1) is 0 Å². The molecule has 0 aliphatic carbocycles. The fourth-order valence-electron chi connectivity index (χ4n) is 2.74. The molecule has 3 rings (SSSR count). The first-order chi connectivity index (χ1) is 14.0. The Kier molecular flexibility index (Phi) is 5.75. The minimum atomic E-state index is -4.67. The highest BCUT2D eigenvalue weighted by atomic mass is 32.2. The number of rotatable bonds is 6. The second kappa shape index (κ2) is 7.98. The van der Waals surface area contributed by atoms with Crippen molar-refractivity contribution >= 4 is 15.7 Å². The second-order valence-electron chi connectivity index (χ2n) is 6.71. The number of sulfonamides is 1. The maximum absolute atomic E-state index is 13.2. The molecule has 0 aliphatic heterocycles. The lowest BCUT2D eigenvalue weighted by Gasteiger charge is -2.16. The van der Waals surface area contributed by atoms with Crippen LogP contribution in [-0.2, 0) is 16.2 Å². The molecule has 0 atom stereocenters. The Balaban J connectivity index is 1.98. The fourth-order valence-corrected chi connectivity index (χ4v) is 3.94. The van der Waals surface area contributed by atoms with Gasteiger partial charge in [-0.05, 0) is 45.0 Å². The number of hydrogen-bond donors (Lipinski definition) is 1. The summed E-state index contributed by atoms with van der Waals surface area (Å²) < 4.78 is 74.3. The van der Waals surface area contributed by atoms with Crippen molar-refractivity contribution in [1.82, 2.24) is 14.8 Å². The summed E-state index contributed by atoms with van der Waals surface area (Å²) in [5, 5.41) is 4.04. The fraction of sp³-hybridized carbons (Fsp3) is 0.263. The number of nitrogens with zero attached hydrogens (tertiary/aromatic N) is 3. The van der Waals surface area contributed by atoms with Gasteiger partial charge in [0.15, 0.2) is 5.82 Å². The number of anilines is 1. The molecule has 0 saturated heterocycles. The maximum atomic E-state index is 13.2. The van der Waals surface area contributed by atoms with E-state index in [0.717, 1.165) is 12.3 Å². The van der Waals surface area contributed by atoms with Gasteiger partial charge in [0.2, 0.25) is 0 Å². The van der Waals surface area contributed by atoms with E-state index >= 15 is 0 Å². The quantitative estimate of drug-likeness (QED) is 0.621. The minimum Gasteiger partial charge on any atom is -0.491 e. The van der Waals surface area contributed by atoms with Gasteiger partial charge in [0.25, 0.3) is 10.0 Å². The van der Waals surface area contributed by atoms with Crippen LogP contribution in [0.15, 0.2) is 53.7 Å². The van der Waals surface area contributed by atoms with Crippen molar-refractivity contribution in [2.45, 2.75) is 37.9 Å². The minimum absolute atomic E-state index is 0.0987. The third-order valence-corrected chi connectivity index (χ3v) is 5.46. The topological polar surface area (TPSA) is 86.1 Å². The summed E-state index contributed by atoms with van der Waals surface area (Å²) in [5.41, 5.74) is -1.04. The molecule has 2 heterocycles. The SMILES string of the molecule is Cc1c(S(=O)(=O)Nc2cc(OC(C)C)cc(C(F)(F)F)c2)cnn1-c1ccccn1. The second-order valence-corrected chi connectivity index (χ2v) is 8.36. The molecule has 3 aromatic rings. The Morgan fingerprint density at radius 2 is 1.90 bits per heavy atom. The smallest absolute Gasteiger partial charge is 0.416 e. The van der Waals surface area contributed by atoms with E-state index in [1.54, 1.807) is 32.0 Å². The highest BCUT2D eigenvalue weighted by Crippen LogP contribution is 2.35. The van der Waals surface area contributed by atoms with Crippen molar-refractivity contribution < 1.29 is 26.3 Å². The van der Waals surface area contributed by atoms with E-state index in [0.29, 0.717) is 11.9 Å². The number of nitrogens with one attached hydrogen (secondary N) is 1. The van der Waals surface area contributed by atoms with E-state index in [2.05, 4.69) is 14.8 Å². The van der Waals surface area contributed by atoms with Gasteiger partial charge in [0.05, 0.1) is 29.2 Å². The largest absolute Gasteiger partial charge is 0.491 e. The molecule has 7 nitrogen and oxygen atoms in total. The van der Waals surface area contributed by atoms with Gasteiger partial charge in [0.1, 0.15) is 10.6 Å². The molecule has 0 fully saturated rings. The Bertz CT molecular complexity index is 1140. The first-order valence-corrected chi connectivity index (χ1v) is 10.3. The zero-order valence-corrected chi connectivity index (χ0v) is 17.1. The number of pyridine rings is 1. The summed E-state index contributed by atoms with van der Waals surface area (Å²) in [4.78, 5) is 3.93.